The summed E-state index contributed by atoms with van der Waals surface area (Å²) >= 11 is 0. The van der Waals surface area contributed by atoms with Gasteiger partial charge in [-0.05, 0) is 34.1 Å². The van der Waals surface area contributed by atoms with Crippen LogP contribution >= 0.6 is 0 Å². The predicted octanol–water partition coefficient (Wildman–Crippen LogP) is 2.27. The van der Waals surface area contributed by atoms with Crippen molar-refractivity contribution in [1.29, 1.82) is 0 Å². The zero-order valence-electron chi connectivity index (χ0n) is 11.7. The molecule has 6 nitrogen and oxygen atoms in total. The van der Waals surface area contributed by atoms with Crippen molar-refractivity contribution in [3.05, 3.63) is 0 Å². The van der Waals surface area contributed by atoms with Crippen molar-refractivity contribution in [2.75, 3.05) is 11.9 Å². The number of hydrogen-bond acceptors (Lipinski definition) is 6. The molecule has 0 aliphatic heterocycles. The van der Waals surface area contributed by atoms with Crippen molar-refractivity contribution in [3.63, 3.8) is 0 Å². The monoisotopic (exact) mass is 254 g/mol. The number of hydrogen-bond donors (Lipinski definition) is 1. The molecule has 1 aromatic heterocycles. The molecule has 1 heterocycles. The number of nitrogens with zero attached hydrogens (tertiary/aromatic N) is 3. The number of nitrogens with one attached hydrogen (secondary N) is 1. The van der Waals surface area contributed by atoms with Gasteiger partial charge in [-0.1, -0.05) is 6.92 Å². The van der Waals surface area contributed by atoms with Gasteiger partial charge in [-0.2, -0.15) is 9.97 Å². The Bertz CT molecular complexity index is 371. The van der Waals surface area contributed by atoms with E-state index < -0.39 is 0 Å². The summed E-state index contributed by atoms with van der Waals surface area (Å²) < 4.78 is 11.1. The minimum Gasteiger partial charge on any atom is -0.461 e. The molecular weight excluding hydrogens is 232 g/mol. The smallest absolute Gasteiger partial charge is 0.324 e. The molecule has 0 aliphatic carbocycles. The molecule has 0 aromatic carbocycles. The summed E-state index contributed by atoms with van der Waals surface area (Å²) in [6.45, 7) is 10.6. The number of anilines is 1. The van der Waals surface area contributed by atoms with Crippen molar-refractivity contribution < 1.29 is 9.47 Å². The minimum absolute atomic E-state index is 0.0123. The Morgan fingerprint density at radius 3 is 2.11 bits per heavy atom. The zero-order chi connectivity index (χ0) is 13.5. The quantitative estimate of drug-likeness (QED) is 0.805. The van der Waals surface area contributed by atoms with Crippen molar-refractivity contribution >= 4 is 5.95 Å². The molecule has 0 radical (unpaired) electrons. The molecule has 0 saturated heterocycles. The van der Waals surface area contributed by atoms with E-state index >= 15 is 0 Å². The molecule has 0 saturated carbocycles. The molecule has 0 bridgehead atoms. The van der Waals surface area contributed by atoms with Crippen molar-refractivity contribution in [1.82, 2.24) is 15.0 Å². The van der Waals surface area contributed by atoms with Crippen molar-refractivity contribution in [2.24, 2.45) is 0 Å². The lowest BCUT2D eigenvalue weighted by Crippen LogP contribution is -2.16. The minimum atomic E-state index is 0.0123. The maximum Gasteiger partial charge on any atom is 0.324 e. The lowest BCUT2D eigenvalue weighted by molar-refractivity contribution is 0.184. The van der Waals surface area contributed by atoms with Crippen molar-refractivity contribution in [3.8, 4) is 12.0 Å². The first-order chi connectivity index (χ1) is 8.55. The van der Waals surface area contributed by atoms with Crippen LogP contribution in [0, 0.1) is 0 Å². The summed E-state index contributed by atoms with van der Waals surface area (Å²) in [5.41, 5.74) is 0. The lowest BCUT2D eigenvalue weighted by atomic mass is 10.3. The van der Waals surface area contributed by atoms with Gasteiger partial charge in [0.25, 0.3) is 0 Å². The molecule has 1 unspecified atom stereocenters. The first-order valence-electron chi connectivity index (χ1n) is 6.38. The van der Waals surface area contributed by atoms with Crippen LogP contribution in [0.5, 0.6) is 12.0 Å². The molecule has 0 amide bonds. The van der Waals surface area contributed by atoms with Crippen LogP contribution < -0.4 is 14.8 Å². The SMILES string of the molecule is CCNc1nc(OC(C)C)nc(OC(C)CC)n1. The van der Waals surface area contributed by atoms with Gasteiger partial charge in [-0.25, -0.2) is 0 Å². The molecule has 18 heavy (non-hydrogen) atoms. The van der Waals surface area contributed by atoms with E-state index in [1.807, 2.05) is 34.6 Å². The first-order valence-corrected chi connectivity index (χ1v) is 6.38. The van der Waals surface area contributed by atoms with E-state index in [1.165, 1.54) is 0 Å². The Morgan fingerprint density at radius 2 is 1.61 bits per heavy atom. The van der Waals surface area contributed by atoms with Gasteiger partial charge in [0.15, 0.2) is 0 Å². The number of ether oxygens (including phenoxy) is 2. The highest BCUT2D eigenvalue weighted by molar-refractivity contribution is 5.27. The van der Waals surface area contributed by atoms with Crippen LogP contribution in [0.15, 0.2) is 0 Å². The molecular formula is C12H22N4O2. The Kier molecular flexibility index (Phi) is 5.61. The van der Waals surface area contributed by atoms with E-state index in [2.05, 4.69) is 20.3 Å². The molecule has 102 valence electrons. The lowest BCUT2D eigenvalue weighted by Gasteiger charge is -2.13. The van der Waals surface area contributed by atoms with Crippen LogP contribution in [0.3, 0.4) is 0 Å². The van der Waals surface area contributed by atoms with Crippen LogP contribution in [-0.2, 0) is 0 Å². The van der Waals surface area contributed by atoms with Gasteiger partial charge in [0.05, 0.1) is 12.2 Å². The van der Waals surface area contributed by atoms with Crippen LogP contribution in [0.2, 0.25) is 0 Å². The first kappa shape index (κ1) is 14.5. The van der Waals surface area contributed by atoms with E-state index in [1.54, 1.807) is 0 Å². The molecule has 0 spiro atoms. The average molecular weight is 254 g/mol. The van der Waals surface area contributed by atoms with Gasteiger partial charge in [0.2, 0.25) is 5.95 Å². The molecule has 1 atom stereocenters. The van der Waals surface area contributed by atoms with Gasteiger partial charge < -0.3 is 14.8 Å². The number of rotatable bonds is 7. The molecule has 1 aromatic rings. The summed E-state index contributed by atoms with van der Waals surface area (Å²) in [7, 11) is 0. The summed E-state index contributed by atoms with van der Waals surface area (Å²) in [5, 5.41) is 3.03. The van der Waals surface area contributed by atoms with E-state index in [0.717, 1.165) is 13.0 Å². The van der Waals surface area contributed by atoms with Crippen LogP contribution in [0.25, 0.3) is 0 Å². The Morgan fingerprint density at radius 1 is 1.00 bits per heavy atom. The standard InChI is InChI=1S/C12H22N4O2/c1-6-9(5)18-12-15-10(13-7-2)14-11(16-12)17-8(3)4/h8-9H,6-7H2,1-5H3,(H,13,14,15,16). The normalized spacial score (nSPS) is 12.3. The third-order valence-corrected chi connectivity index (χ3v) is 2.15. The van der Waals surface area contributed by atoms with E-state index in [0.29, 0.717) is 12.0 Å². The third-order valence-electron chi connectivity index (χ3n) is 2.15. The second kappa shape index (κ2) is 6.98. The van der Waals surface area contributed by atoms with Gasteiger partial charge in [-0.3, -0.25) is 0 Å². The average Bonchev–Trinajstić information content (AvgIpc) is 2.28. The largest absolute Gasteiger partial charge is 0.461 e. The summed E-state index contributed by atoms with van der Waals surface area (Å²) in [5.74, 6) is 0.474. The maximum atomic E-state index is 5.59. The molecule has 6 heteroatoms. The molecule has 0 fully saturated rings. The highest BCUT2D eigenvalue weighted by Gasteiger charge is 2.11. The van der Waals surface area contributed by atoms with E-state index in [4.69, 9.17) is 9.47 Å². The maximum absolute atomic E-state index is 5.59. The third kappa shape index (κ3) is 4.73. The fourth-order valence-corrected chi connectivity index (χ4v) is 1.15. The summed E-state index contributed by atoms with van der Waals surface area (Å²) in [6.07, 6.45) is 0.967. The molecule has 1 rings (SSSR count). The second-order valence-electron chi connectivity index (χ2n) is 4.26. The summed E-state index contributed by atoms with van der Waals surface area (Å²) in [4.78, 5) is 12.5. The fraction of sp³-hybridized carbons (Fsp3) is 0.750. The molecule has 1 N–H and O–H groups in total. The van der Waals surface area contributed by atoms with Crippen LogP contribution in [0.1, 0.15) is 41.0 Å². The zero-order valence-corrected chi connectivity index (χ0v) is 11.7. The second-order valence-corrected chi connectivity index (χ2v) is 4.26. The Hall–Kier alpha value is -1.59. The van der Waals surface area contributed by atoms with Crippen LogP contribution in [0.4, 0.5) is 5.95 Å². The highest BCUT2D eigenvalue weighted by atomic mass is 16.5. The topological polar surface area (TPSA) is 69.2 Å². The van der Waals surface area contributed by atoms with Gasteiger partial charge in [0.1, 0.15) is 0 Å². The van der Waals surface area contributed by atoms with Crippen LogP contribution in [-0.4, -0.2) is 33.7 Å². The highest BCUT2D eigenvalue weighted by Crippen LogP contribution is 2.15. The number of aromatic nitrogens is 3. The fourth-order valence-electron chi connectivity index (χ4n) is 1.15. The van der Waals surface area contributed by atoms with E-state index in [9.17, 15) is 0 Å². The Labute approximate surface area is 108 Å². The summed E-state index contributed by atoms with van der Waals surface area (Å²) in [6, 6.07) is 0.584. The van der Waals surface area contributed by atoms with Gasteiger partial charge >= 0.3 is 12.0 Å². The molecule has 0 aliphatic rings. The van der Waals surface area contributed by atoms with Crippen molar-refractivity contribution in [2.45, 2.75) is 53.2 Å². The van der Waals surface area contributed by atoms with Gasteiger partial charge in [-0.15, -0.1) is 4.98 Å². The van der Waals surface area contributed by atoms with Gasteiger partial charge in [0, 0.05) is 6.54 Å². The Balaban J connectivity index is 2.90. The predicted molar refractivity (Wildman–Crippen MR) is 70.1 cm³/mol. The van der Waals surface area contributed by atoms with E-state index in [-0.39, 0.29) is 18.2 Å².